The van der Waals surface area contributed by atoms with Gasteiger partial charge in [0.25, 0.3) is 0 Å². The van der Waals surface area contributed by atoms with Gasteiger partial charge in [0.05, 0.1) is 11.9 Å². The molecule has 0 unspecified atom stereocenters. The molecule has 0 saturated heterocycles. The summed E-state index contributed by atoms with van der Waals surface area (Å²) in [6.07, 6.45) is 2.06. The van der Waals surface area contributed by atoms with Gasteiger partial charge >= 0.3 is 0 Å². The van der Waals surface area contributed by atoms with Gasteiger partial charge in [-0.2, -0.15) is 0 Å². The molecular formula is C30H36ClN3O4S. The van der Waals surface area contributed by atoms with E-state index in [0.29, 0.717) is 16.3 Å². The summed E-state index contributed by atoms with van der Waals surface area (Å²) in [6, 6.07) is 22.8. The summed E-state index contributed by atoms with van der Waals surface area (Å²) >= 11 is 6.19. The van der Waals surface area contributed by atoms with E-state index in [9.17, 15) is 18.0 Å². The largest absolute Gasteiger partial charge is 0.352 e. The average Bonchev–Trinajstić information content (AvgIpc) is 2.91. The van der Waals surface area contributed by atoms with Crippen molar-refractivity contribution in [1.29, 1.82) is 0 Å². The Balaban J connectivity index is 2.06. The Kier molecular flexibility index (Phi) is 10.5. The lowest BCUT2D eigenvalue weighted by molar-refractivity contribution is -0.140. The molecule has 39 heavy (non-hydrogen) atoms. The number of anilines is 1. The molecule has 0 spiro atoms. The second-order valence-electron chi connectivity index (χ2n) is 9.73. The van der Waals surface area contributed by atoms with E-state index < -0.39 is 28.5 Å². The van der Waals surface area contributed by atoms with Crippen molar-refractivity contribution >= 4 is 39.1 Å². The van der Waals surface area contributed by atoms with Crippen LogP contribution in [0.5, 0.6) is 0 Å². The van der Waals surface area contributed by atoms with Crippen LogP contribution in [0.3, 0.4) is 0 Å². The van der Waals surface area contributed by atoms with Crippen LogP contribution in [0.15, 0.2) is 78.9 Å². The third-order valence-electron chi connectivity index (χ3n) is 6.59. The highest BCUT2D eigenvalue weighted by Gasteiger charge is 2.33. The van der Waals surface area contributed by atoms with Gasteiger partial charge in [0, 0.05) is 24.0 Å². The summed E-state index contributed by atoms with van der Waals surface area (Å²) < 4.78 is 26.9. The second kappa shape index (κ2) is 13.6. The number of rotatable bonds is 12. The quantitative estimate of drug-likeness (QED) is 0.334. The molecule has 3 rings (SSSR count). The molecule has 0 radical (unpaired) electrons. The van der Waals surface area contributed by atoms with Gasteiger partial charge in [-0.15, -0.1) is 0 Å². The SMILES string of the molecule is CC[C@H](C)NC(=O)[C@@H](Cc1ccccc1)N(Cc1ccccc1)C(=O)CN(c1cc(Cl)ccc1C)S(C)(=O)=O. The highest BCUT2D eigenvalue weighted by Crippen LogP contribution is 2.27. The molecule has 0 aliphatic rings. The standard InChI is InChI=1S/C30H36ClN3O4S/c1-5-23(3)32-30(36)28(18-24-12-8-6-9-13-24)33(20-25-14-10-7-11-15-25)29(35)21-34(39(4,37)38)27-19-26(31)17-16-22(27)2/h6-17,19,23,28H,5,18,20-21H2,1-4H3,(H,32,36)/t23-,28+/m0/s1. The molecule has 1 N–H and O–H groups in total. The number of carbonyl (C=O) groups is 2. The predicted molar refractivity (Wildman–Crippen MR) is 157 cm³/mol. The van der Waals surface area contributed by atoms with Crippen LogP contribution in [0.1, 0.15) is 37.0 Å². The van der Waals surface area contributed by atoms with Crippen LogP contribution >= 0.6 is 11.6 Å². The summed E-state index contributed by atoms with van der Waals surface area (Å²) in [6.45, 7) is 5.30. The number of aryl methyl sites for hydroxylation is 1. The highest BCUT2D eigenvalue weighted by atomic mass is 35.5. The van der Waals surface area contributed by atoms with Crippen LogP contribution in [0.4, 0.5) is 5.69 Å². The lowest BCUT2D eigenvalue weighted by Gasteiger charge is -2.34. The summed E-state index contributed by atoms with van der Waals surface area (Å²) in [5, 5.41) is 3.38. The molecule has 208 valence electrons. The van der Waals surface area contributed by atoms with Gasteiger partial charge in [-0.25, -0.2) is 8.42 Å². The van der Waals surface area contributed by atoms with Gasteiger partial charge in [-0.05, 0) is 49.1 Å². The maximum atomic E-state index is 14.1. The molecule has 0 aromatic heterocycles. The van der Waals surface area contributed by atoms with E-state index in [1.165, 1.54) is 11.0 Å². The summed E-state index contributed by atoms with van der Waals surface area (Å²) in [5.74, 6) is -0.786. The van der Waals surface area contributed by atoms with E-state index in [0.717, 1.165) is 28.1 Å². The minimum Gasteiger partial charge on any atom is -0.352 e. The maximum Gasteiger partial charge on any atom is 0.244 e. The van der Waals surface area contributed by atoms with Gasteiger partial charge in [0.2, 0.25) is 21.8 Å². The Morgan fingerprint density at radius 3 is 2.10 bits per heavy atom. The lowest BCUT2D eigenvalue weighted by Crippen LogP contribution is -2.54. The first-order chi connectivity index (χ1) is 18.5. The molecule has 0 heterocycles. The molecule has 0 aliphatic heterocycles. The predicted octanol–water partition coefficient (Wildman–Crippen LogP) is 4.97. The Morgan fingerprint density at radius 1 is 0.949 bits per heavy atom. The smallest absolute Gasteiger partial charge is 0.244 e. The zero-order valence-electron chi connectivity index (χ0n) is 22.8. The van der Waals surface area contributed by atoms with Crippen molar-refractivity contribution in [3.8, 4) is 0 Å². The number of hydrogen-bond donors (Lipinski definition) is 1. The third-order valence-corrected chi connectivity index (χ3v) is 7.95. The van der Waals surface area contributed by atoms with Crippen LogP contribution in [0, 0.1) is 6.92 Å². The topological polar surface area (TPSA) is 86.8 Å². The molecular weight excluding hydrogens is 534 g/mol. The van der Waals surface area contributed by atoms with E-state index >= 15 is 0 Å². The Bertz CT molecular complexity index is 1370. The first-order valence-corrected chi connectivity index (χ1v) is 15.1. The van der Waals surface area contributed by atoms with E-state index in [2.05, 4.69) is 5.32 Å². The number of nitrogens with one attached hydrogen (secondary N) is 1. The fourth-order valence-corrected chi connectivity index (χ4v) is 5.29. The number of nitrogens with zero attached hydrogens (tertiary/aromatic N) is 2. The number of benzene rings is 3. The van der Waals surface area contributed by atoms with Crippen LogP contribution in [-0.4, -0.2) is 50.0 Å². The monoisotopic (exact) mass is 569 g/mol. The van der Waals surface area contributed by atoms with Crippen LogP contribution in [0.25, 0.3) is 0 Å². The van der Waals surface area contributed by atoms with Crippen molar-refractivity contribution in [2.45, 2.75) is 52.2 Å². The van der Waals surface area contributed by atoms with Gasteiger partial charge in [-0.1, -0.05) is 85.3 Å². The van der Waals surface area contributed by atoms with Crippen LogP contribution < -0.4 is 9.62 Å². The molecule has 0 saturated carbocycles. The second-order valence-corrected chi connectivity index (χ2v) is 12.1. The number of sulfonamides is 1. The molecule has 2 amide bonds. The fourth-order valence-electron chi connectivity index (χ4n) is 4.22. The van der Waals surface area contributed by atoms with Crippen molar-refractivity contribution in [3.05, 3.63) is 101 Å². The fraction of sp³-hybridized carbons (Fsp3) is 0.333. The minimum absolute atomic E-state index is 0.0916. The zero-order valence-corrected chi connectivity index (χ0v) is 24.4. The maximum absolute atomic E-state index is 14.1. The molecule has 0 fully saturated rings. The summed E-state index contributed by atoms with van der Waals surface area (Å²) in [7, 11) is -3.86. The molecule has 2 atom stereocenters. The number of carbonyl (C=O) groups excluding carboxylic acids is 2. The van der Waals surface area contributed by atoms with Gasteiger partial charge in [0.1, 0.15) is 12.6 Å². The van der Waals surface area contributed by atoms with Crippen molar-refractivity contribution in [1.82, 2.24) is 10.2 Å². The van der Waals surface area contributed by atoms with E-state index in [-0.39, 0.29) is 24.9 Å². The molecule has 9 heteroatoms. The zero-order chi connectivity index (χ0) is 28.6. The summed E-state index contributed by atoms with van der Waals surface area (Å²) in [5.41, 5.74) is 2.69. The highest BCUT2D eigenvalue weighted by molar-refractivity contribution is 7.92. The normalized spacial score (nSPS) is 12.8. The molecule has 0 bridgehead atoms. The molecule has 3 aromatic carbocycles. The minimum atomic E-state index is -3.86. The summed E-state index contributed by atoms with van der Waals surface area (Å²) in [4.78, 5) is 29.2. The van der Waals surface area contributed by atoms with Crippen LogP contribution in [-0.2, 0) is 32.6 Å². The van der Waals surface area contributed by atoms with Crippen molar-refractivity contribution in [3.63, 3.8) is 0 Å². The van der Waals surface area contributed by atoms with Gasteiger partial charge < -0.3 is 10.2 Å². The number of hydrogen-bond acceptors (Lipinski definition) is 4. The van der Waals surface area contributed by atoms with E-state index in [4.69, 9.17) is 11.6 Å². The molecule has 3 aromatic rings. The van der Waals surface area contributed by atoms with E-state index in [1.807, 2.05) is 74.5 Å². The van der Waals surface area contributed by atoms with Crippen molar-refractivity contribution in [2.24, 2.45) is 0 Å². The van der Waals surface area contributed by atoms with Crippen molar-refractivity contribution in [2.75, 3.05) is 17.1 Å². The molecule has 0 aliphatic carbocycles. The van der Waals surface area contributed by atoms with Gasteiger partial charge in [0.15, 0.2) is 0 Å². The first-order valence-electron chi connectivity index (χ1n) is 12.9. The first kappa shape index (κ1) is 30.2. The van der Waals surface area contributed by atoms with Crippen LogP contribution in [0.2, 0.25) is 5.02 Å². The Hall–Kier alpha value is -3.36. The van der Waals surface area contributed by atoms with Crippen molar-refractivity contribution < 1.29 is 18.0 Å². The number of amides is 2. The third kappa shape index (κ3) is 8.57. The van der Waals surface area contributed by atoms with E-state index in [1.54, 1.807) is 19.1 Å². The van der Waals surface area contributed by atoms with Gasteiger partial charge in [-0.3, -0.25) is 13.9 Å². The Labute approximate surface area is 236 Å². The Morgan fingerprint density at radius 2 is 1.54 bits per heavy atom. The lowest BCUT2D eigenvalue weighted by atomic mass is 10.0. The average molecular weight is 570 g/mol. The molecule has 7 nitrogen and oxygen atoms in total. The number of halogens is 1.